The topological polar surface area (TPSA) is 53.2 Å². The van der Waals surface area contributed by atoms with Crippen molar-refractivity contribution in [2.75, 3.05) is 5.32 Å². The first-order chi connectivity index (χ1) is 11.0. The third-order valence-corrected chi connectivity index (χ3v) is 4.10. The fraction of sp³-hybridized carbons (Fsp3) is 0.429. The number of hydrogen-bond acceptors (Lipinski definition) is 2. The Hall–Kier alpha value is -0.170. The molecule has 1 amide bonds. The number of rotatable bonds is 5. The maximum atomic E-state index is 11.9. The summed E-state index contributed by atoms with van der Waals surface area (Å²) in [5.41, 5.74) is 0.523. The normalized spacial score (nSPS) is 12.7. The number of benzene rings is 1. The van der Waals surface area contributed by atoms with Crippen molar-refractivity contribution in [2.45, 2.75) is 30.2 Å². The van der Waals surface area contributed by atoms with Gasteiger partial charge in [0.25, 0.3) is 0 Å². The van der Waals surface area contributed by atoms with Crippen molar-refractivity contribution in [2.24, 2.45) is 5.92 Å². The van der Waals surface area contributed by atoms with Gasteiger partial charge in [-0.05, 0) is 36.3 Å². The fourth-order valence-electron chi connectivity index (χ4n) is 1.67. The highest BCUT2D eigenvalue weighted by atomic mass is 35.6. The molecule has 10 heteroatoms. The number of carbonyl (C=O) groups excluding carboxylic acids is 1. The molecular weight excluding hydrogens is 436 g/mol. The van der Waals surface area contributed by atoms with Gasteiger partial charge < -0.3 is 16.0 Å². The maximum absolute atomic E-state index is 11.9. The van der Waals surface area contributed by atoms with E-state index in [9.17, 15) is 4.79 Å². The molecule has 0 spiro atoms. The molecule has 0 aliphatic rings. The number of anilines is 1. The van der Waals surface area contributed by atoms with Crippen molar-refractivity contribution < 1.29 is 4.79 Å². The average Bonchev–Trinajstić information content (AvgIpc) is 2.39. The van der Waals surface area contributed by atoms with Crippen molar-refractivity contribution in [3.05, 3.63) is 28.2 Å². The lowest BCUT2D eigenvalue weighted by Crippen LogP contribution is -2.56. The van der Waals surface area contributed by atoms with E-state index in [0.29, 0.717) is 22.2 Å². The Labute approximate surface area is 171 Å². The minimum absolute atomic E-state index is 0.125. The Morgan fingerprint density at radius 3 is 2.33 bits per heavy atom. The highest BCUT2D eigenvalue weighted by molar-refractivity contribution is 7.80. The first-order valence-electron chi connectivity index (χ1n) is 6.87. The highest BCUT2D eigenvalue weighted by Crippen LogP contribution is 2.30. The molecule has 4 nitrogen and oxygen atoms in total. The molecule has 1 aromatic carbocycles. The van der Waals surface area contributed by atoms with Gasteiger partial charge in [-0.1, -0.05) is 71.9 Å². The van der Waals surface area contributed by atoms with Crippen molar-refractivity contribution in [1.29, 1.82) is 0 Å². The molecule has 0 heterocycles. The molecule has 0 unspecified atom stereocenters. The summed E-state index contributed by atoms with van der Waals surface area (Å²) in [6, 6.07) is 4.86. The molecule has 0 fully saturated rings. The van der Waals surface area contributed by atoms with Gasteiger partial charge in [0.1, 0.15) is 6.17 Å². The van der Waals surface area contributed by atoms with E-state index < -0.39 is 9.96 Å². The van der Waals surface area contributed by atoms with Crippen molar-refractivity contribution in [1.82, 2.24) is 10.6 Å². The van der Waals surface area contributed by atoms with Crippen molar-refractivity contribution in [3.8, 4) is 0 Å². The Morgan fingerprint density at radius 2 is 1.83 bits per heavy atom. The predicted octanol–water partition coefficient (Wildman–Crippen LogP) is 5.14. The summed E-state index contributed by atoms with van der Waals surface area (Å²) in [6.07, 6.45) is -0.720. The molecule has 1 aromatic rings. The van der Waals surface area contributed by atoms with Gasteiger partial charge in [-0.25, -0.2) is 0 Å². The number of hydrogen-bond donors (Lipinski definition) is 3. The number of thiocarbonyl (C=S) groups is 1. The van der Waals surface area contributed by atoms with Crippen LogP contribution < -0.4 is 16.0 Å². The van der Waals surface area contributed by atoms with Crippen LogP contribution in [0.1, 0.15) is 20.3 Å². The summed E-state index contributed by atoms with van der Waals surface area (Å²) in [5.74, 6) is -0.0971. The van der Waals surface area contributed by atoms with E-state index in [-0.39, 0.29) is 16.9 Å². The Balaban J connectivity index is 2.75. The number of amides is 1. The molecule has 24 heavy (non-hydrogen) atoms. The van der Waals surface area contributed by atoms with Crippen LogP contribution in [0.25, 0.3) is 0 Å². The van der Waals surface area contributed by atoms with Crippen LogP contribution in [-0.2, 0) is 4.79 Å². The minimum atomic E-state index is -1.80. The van der Waals surface area contributed by atoms with E-state index in [1.165, 1.54) is 0 Å². The van der Waals surface area contributed by atoms with Crippen LogP contribution in [0.3, 0.4) is 0 Å². The monoisotopic (exact) mass is 449 g/mol. The van der Waals surface area contributed by atoms with Gasteiger partial charge in [-0.3, -0.25) is 4.79 Å². The number of alkyl halides is 3. The van der Waals surface area contributed by atoms with Crippen molar-refractivity contribution in [3.63, 3.8) is 0 Å². The molecule has 0 saturated heterocycles. The molecule has 134 valence electrons. The van der Waals surface area contributed by atoms with Crippen LogP contribution in [0.2, 0.25) is 10.0 Å². The maximum Gasteiger partial charge on any atom is 0.228 e. The first kappa shape index (κ1) is 21.9. The Morgan fingerprint density at radius 1 is 1.21 bits per heavy atom. The zero-order valence-corrected chi connectivity index (χ0v) is 17.4. The van der Waals surface area contributed by atoms with Crippen LogP contribution in [0.15, 0.2) is 18.2 Å². The third-order valence-electron chi connectivity index (χ3n) is 2.68. The molecule has 0 aliphatic carbocycles. The zero-order valence-electron chi connectivity index (χ0n) is 12.8. The van der Waals surface area contributed by atoms with Gasteiger partial charge >= 0.3 is 0 Å². The van der Waals surface area contributed by atoms with E-state index in [1.54, 1.807) is 18.2 Å². The summed E-state index contributed by atoms with van der Waals surface area (Å²) in [5, 5.41) is 9.20. The number of halogens is 5. The standard InChI is InChI=1S/C14H16Cl5N3OS/c1-7(2)5-11(23)21-12(14(17,18)19)22-13(24)20-10-4-3-8(15)6-9(10)16/h3-4,6-7,12H,5H2,1-2H3,(H,21,23)(H2,20,22,24)/t12-/m0/s1. The molecule has 1 rings (SSSR count). The first-order valence-corrected chi connectivity index (χ1v) is 9.17. The second-order valence-corrected chi connectivity index (χ2v) is 8.98. The molecule has 0 saturated carbocycles. The lowest BCUT2D eigenvalue weighted by Gasteiger charge is -2.28. The third kappa shape index (κ3) is 7.81. The van der Waals surface area contributed by atoms with E-state index in [0.717, 1.165) is 0 Å². The lowest BCUT2D eigenvalue weighted by molar-refractivity contribution is -0.122. The highest BCUT2D eigenvalue weighted by Gasteiger charge is 2.34. The molecule has 0 aliphatic heterocycles. The number of nitrogens with one attached hydrogen (secondary N) is 3. The molecule has 0 radical (unpaired) electrons. The Bertz CT molecular complexity index is 607. The fourth-order valence-corrected chi connectivity index (χ4v) is 2.68. The van der Waals surface area contributed by atoms with Crippen molar-refractivity contribution >= 4 is 86.9 Å². The summed E-state index contributed by atoms with van der Waals surface area (Å²) in [4.78, 5) is 11.9. The second kappa shape index (κ2) is 9.51. The van der Waals surface area contributed by atoms with Gasteiger partial charge in [0.2, 0.25) is 9.70 Å². The summed E-state index contributed by atoms with van der Waals surface area (Å²) in [7, 11) is 0. The summed E-state index contributed by atoms with van der Waals surface area (Å²) < 4.78 is -1.80. The van der Waals surface area contributed by atoms with Gasteiger partial charge in [0, 0.05) is 11.4 Å². The van der Waals surface area contributed by atoms with Crippen LogP contribution in [0.5, 0.6) is 0 Å². The molecular formula is C14H16Cl5N3OS. The van der Waals surface area contributed by atoms with Crippen LogP contribution in [0, 0.1) is 5.92 Å². The van der Waals surface area contributed by atoms with Gasteiger partial charge in [-0.2, -0.15) is 0 Å². The average molecular weight is 452 g/mol. The Kier molecular flexibility index (Phi) is 8.66. The quantitative estimate of drug-likeness (QED) is 0.330. The van der Waals surface area contributed by atoms with Crippen LogP contribution >= 0.6 is 70.2 Å². The molecule has 0 bridgehead atoms. The lowest BCUT2D eigenvalue weighted by atomic mass is 10.1. The van der Waals surface area contributed by atoms with Gasteiger partial charge in [0.15, 0.2) is 5.11 Å². The molecule has 3 N–H and O–H groups in total. The van der Waals surface area contributed by atoms with E-state index in [2.05, 4.69) is 16.0 Å². The largest absolute Gasteiger partial charge is 0.339 e. The smallest absolute Gasteiger partial charge is 0.228 e. The van der Waals surface area contributed by atoms with Gasteiger partial charge in [-0.15, -0.1) is 0 Å². The SMILES string of the molecule is CC(C)CC(=O)N[C@@H](NC(=S)Nc1ccc(Cl)cc1Cl)C(Cl)(Cl)Cl. The van der Waals surface area contributed by atoms with Gasteiger partial charge in [0.05, 0.1) is 10.7 Å². The predicted molar refractivity (Wildman–Crippen MR) is 107 cm³/mol. The van der Waals surface area contributed by atoms with Crippen LogP contribution in [-0.4, -0.2) is 21.0 Å². The molecule has 1 atom stereocenters. The van der Waals surface area contributed by atoms with E-state index in [4.69, 9.17) is 70.2 Å². The number of carbonyl (C=O) groups is 1. The zero-order chi connectivity index (χ0) is 18.5. The minimum Gasteiger partial charge on any atom is -0.339 e. The summed E-state index contributed by atoms with van der Waals surface area (Å²) in [6.45, 7) is 3.82. The molecule has 0 aromatic heterocycles. The summed E-state index contributed by atoms with van der Waals surface area (Å²) >= 11 is 34.8. The second-order valence-electron chi connectivity index (χ2n) is 5.36. The van der Waals surface area contributed by atoms with E-state index in [1.807, 2.05) is 13.8 Å². The van der Waals surface area contributed by atoms with E-state index >= 15 is 0 Å². The van der Waals surface area contributed by atoms with Crippen LogP contribution in [0.4, 0.5) is 5.69 Å².